The number of aliphatic hydroxyl groups is 1. The van der Waals surface area contributed by atoms with Crippen molar-refractivity contribution in [2.24, 2.45) is 0 Å². The number of phenolic OH excluding ortho intramolecular Hbond substituents is 1. The van der Waals surface area contributed by atoms with Gasteiger partial charge in [0.2, 0.25) is 0 Å². The van der Waals surface area contributed by atoms with Crippen LogP contribution in [0.5, 0.6) is 5.75 Å². The number of aliphatic hydroxyl groups excluding tert-OH is 1. The summed E-state index contributed by atoms with van der Waals surface area (Å²) >= 11 is 0. The van der Waals surface area contributed by atoms with Crippen molar-refractivity contribution in [2.45, 2.75) is 31.5 Å². The van der Waals surface area contributed by atoms with Crippen molar-refractivity contribution in [3.63, 3.8) is 0 Å². The van der Waals surface area contributed by atoms with Crippen LogP contribution in [0.15, 0.2) is 48.5 Å². The third kappa shape index (κ3) is 2.69. The first-order valence-corrected chi connectivity index (χ1v) is 6.99. The van der Waals surface area contributed by atoms with Gasteiger partial charge in [-0.25, -0.2) is 0 Å². The van der Waals surface area contributed by atoms with Crippen molar-refractivity contribution >= 4 is 0 Å². The molecule has 0 aromatic heterocycles. The van der Waals surface area contributed by atoms with E-state index in [4.69, 9.17) is 0 Å². The van der Waals surface area contributed by atoms with Crippen molar-refractivity contribution in [1.29, 1.82) is 0 Å². The fourth-order valence-electron chi connectivity index (χ4n) is 2.83. The third-order valence-electron chi connectivity index (χ3n) is 3.98. The SMILES string of the molecule is Oc1cccc2c1C[C@@H](O)[C@H](NCc1ccccc1)C2. The zero-order chi connectivity index (χ0) is 13.9. The van der Waals surface area contributed by atoms with Crippen molar-refractivity contribution in [1.82, 2.24) is 5.32 Å². The van der Waals surface area contributed by atoms with Crippen LogP contribution in [0.4, 0.5) is 0 Å². The molecule has 0 saturated heterocycles. The van der Waals surface area contributed by atoms with E-state index in [2.05, 4.69) is 17.4 Å². The topological polar surface area (TPSA) is 52.5 Å². The van der Waals surface area contributed by atoms with Crippen LogP contribution in [0.3, 0.4) is 0 Å². The summed E-state index contributed by atoms with van der Waals surface area (Å²) in [5.74, 6) is 0.294. The molecular weight excluding hydrogens is 250 g/mol. The molecule has 3 N–H and O–H groups in total. The van der Waals surface area contributed by atoms with Gasteiger partial charge in [-0.1, -0.05) is 42.5 Å². The number of rotatable bonds is 3. The predicted molar refractivity (Wildman–Crippen MR) is 78.6 cm³/mol. The summed E-state index contributed by atoms with van der Waals surface area (Å²) in [7, 11) is 0. The fraction of sp³-hybridized carbons (Fsp3) is 0.294. The molecule has 2 aromatic carbocycles. The van der Waals surface area contributed by atoms with E-state index < -0.39 is 6.10 Å². The van der Waals surface area contributed by atoms with Crippen LogP contribution in [-0.4, -0.2) is 22.4 Å². The monoisotopic (exact) mass is 269 g/mol. The molecule has 0 bridgehead atoms. The lowest BCUT2D eigenvalue weighted by molar-refractivity contribution is 0.117. The van der Waals surface area contributed by atoms with E-state index in [-0.39, 0.29) is 6.04 Å². The highest BCUT2D eigenvalue weighted by Gasteiger charge is 2.27. The summed E-state index contributed by atoms with van der Waals surface area (Å²) < 4.78 is 0. The van der Waals surface area contributed by atoms with Gasteiger partial charge in [0, 0.05) is 19.0 Å². The minimum atomic E-state index is -0.459. The Hall–Kier alpha value is -1.84. The van der Waals surface area contributed by atoms with Crippen molar-refractivity contribution in [3.05, 3.63) is 65.2 Å². The highest BCUT2D eigenvalue weighted by molar-refractivity contribution is 5.42. The molecule has 3 rings (SSSR count). The molecule has 1 aliphatic carbocycles. The Labute approximate surface area is 118 Å². The summed E-state index contributed by atoms with van der Waals surface area (Å²) in [4.78, 5) is 0. The quantitative estimate of drug-likeness (QED) is 0.799. The molecule has 0 heterocycles. The Morgan fingerprint density at radius 2 is 1.80 bits per heavy atom. The lowest BCUT2D eigenvalue weighted by Gasteiger charge is -2.31. The van der Waals surface area contributed by atoms with E-state index in [0.717, 1.165) is 24.1 Å². The normalized spacial score (nSPS) is 21.4. The molecule has 3 heteroatoms. The van der Waals surface area contributed by atoms with E-state index in [1.807, 2.05) is 30.3 Å². The molecule has 0 aliphatic heterocycles. The van der Waals surface area contributed by atoms with E-state index in [1.165, 1.54) is 5.56 Å². The lowest BCUT2D eigenvalue weighted by atomic mass is 9.85. The molecular formula is C17H19NO2. The van der Waals surface area contributed by atoms with Crippen molar-refractivity contribution < 1.29 is 10.2 Å². The fourth-order valence-corrected chi connectivity index (χ4v) is 2.83. The number of fused-ring (bicyclic) bond motifs is 1. The highest BCUT2D eigenvalue weighted by atomic mass is 16.3. The first kappa shape index (κ1) is 13.2. The zero-order valence-electron chi connectivity index (χ0n) is 11.3. The molecule has 20 heavy (non-hydrogen) atoms. The van der Waals surface area contributed by atoms with Crippen LogP contribution in [0.1, 0.15) is 16.7 Å². The smallest absolute Gasteiger partial charge is 0.119 e. The maximum absolute atomic E-state index is 10.2. The average Bonchev–Trinajstić information content (AvgIpc) is 2.47. The molecule has 2 atom stereocenters. The third-order valence-corrected chi connectivity index (χ3v) is 3.98. The number of aromatic hydroxyl groups is 1. The van der Waals surface area contributed by atoms with E-state index in [0.29, 0.717) is 12.2 Å². The summed E-state index contributed by atoms with van der Waals surface area (Å²) in [6, 6.07) is 15.8. The van der Waals surface area contributed by atoms with Gasteiger partial charge in [-0.05, 0) is 29.2 Å². The van der Waals surface area contributed by atoms with Crippen LogP contribution in [-0.2, 0) is 19.4 Å². The molecule has 2 aromatic rings. The maximum Gasteiger partial charge on any atom is 0.119 e. The van der Waals surface area contributed by atoms with E-state index >= 15 is 0 Å². The number of nitrogens with one attached hydrogen (secondary N) is 1. The highest BCUT2D eigenvalue weighted by Crippen LogP contribution is 2.29. The van der Waals surface area contributed by atoms with E-state index in [1.54, 1.807) is 6.07 Å². The lowest BCUT2D eigenvalue weighted by Crippen LogP contribution is -2.45. The molecule has 0 fully saturated rings. The predicted octanol–water partition coefficient (Wildman–Crippen LogP) is 2.01. The van der Waals surface area contributed by atoms with Crippen LogP contribution in [0.25, 0.3) is 0 Å². The van der Waals surface area contributed by atoms with Gasteiger partial charge < -0.3 is 15.5 Å². The first-order chi connectivity index (χ1) is 9.74. The number of hydrogen-bond acceptors (Lipinski definition) is 3. The van der Waals surface area contributed by atoms with Gasteiger partial charge in [-0.3, -0.25) is 0 Å². The Morgan fingerprint density at radius 1 is 1.00 bits per heavy atom. The number of hydrogen-bond donors (Lipinski definition) is 3. The molecule has 3 nitrogen and oxygen atoms in total. The number of phenols is 1. The Kier molecular flexibility index (Phi) is 3.72. The Morgan fingerprint density at radius 3 is 2.60 bits per heavy atom. The summed E-state index contributed by atoms with van der Waals surface area (Å²) in [6.45, 7) is 0.747. The molecule has 0 radical (unpaired) electrons. The molecule has 0 saturated carbocycles. The Balaban J connectivity index is 1.70. The van der Waals surface area contributed by atoms with Crippen LogP contribution < -0.4 is 5.32 Å². The van der Waals surface area contributed by atoms with Gasteiger partial charge >= 0.3 is 0 Å². The number of benzene rings is 2. The van der Waals surface area contributed by atoms with Gasteiger partial charge in [0.15, 0.2) is 0 Å². The van der Waals surface area contributed by atoms with Crippen molar-refractivity contribution in [3.8, 4) is 5.75 Å². The van der Waals surface area contributed by atoms with Gasteiger partial charge in [0.1, 0.15) is 5.75 Å². The largest absolute Gasteiger partial charge is 0.508 e. The Bertz CT molecular complexity index is 583. The van der Waals surface area contributed by atoms with Crippen molar-refractivity contribution in [2.75, 3.05) is 0 Å². The first-order valence-electron chi connectivity index (χ1n) is 6.99. The molecule has 0 amide bonds. The van der Waals surface area contributed by atoms with Crippen LogP contribution >= 0.6 is 0 Å². The summed E-state index contributed by atoms with van der Waals surface area (Å²) in [5, 5.41) is 23.5. The standard InChI is InChI=1S/C17H19NO2/c19-16-8-4-7-13-9-15(17(20)10-14(13)16)18-11-12-5-2-1-3-6-12/h1-8,15,17-20H,9-11H2/t15-,17-/m1/s1. The van der Waals surface area contributed by atoms with Crippen LogP contribution in [0, 0.1) is 0 Å². The minimum Gasteiger partial charge on any atom is -0.508 e. The molecule has 1 aliphatic rings. The maximum atomic E-state index is 10.2. The molecule has 104 valence electrons. The van der Waals surface area contributed by atoms with Gasteiger partial charge in [-0.15, -0.1) is 0 Å². The average molecular weight is 269 g/mol. The van der Waals surface area contributed by atoms with Gasteiger partial charge in [0.25, 0.3) is 0 Å². The van der Waals surface area contributed by atoms with Gasteiger partial charge in [0.05, 0.1) is 6.10 Å². The second-order valence-corrected chi connectivity index (χ2v) is 5.36. The molecule has 0 unspecified atom stereocenters. The van der Waals surface area contributed by atoms with Crippen LogP contribution in [0.2, 0.25) is 0 Å². The summed E-state index contributed by atoms with van der Waals surface area (Å²) in [6.07, 6.45) is 0.797. The summed E-state index contributed by atoms with van der Waals surface area (Å²) in [5.41, 5.74) is 3.22. The zero-order valence-corrected chi connectivity index (χ0v) is 11.3. The van der Waals surface area contributed by atoms with Gasteiger partial charge in [-0.2, -0.15) is 0 Å². The minimum absolute atomic E-state index is 0.0320. The second kappa shape index (κ2) is 5.65. The molecule has 0 spiro atoms. The van der Waals surface area contributed by atoms with E-state index in [9.17, 15) is 10.2 Å². The second-order valence-electron chi connectivity index (χ2n) is 5.36.